The second-order valence-corrected chi connectivity index (χ2v) is 2.93. The minimum absolute atomic E-state index is 0.687. The van der Waals surface area contributed by atoms with Crippen LogP contribution in [-0.2, 0) is 17.8 Å². The van der Waals surface area contributed by atoms with Crippen LogP contribution in [-0.4, -0.2) is 13.7 Å². The molecule has 0 fully saturated rings. The number of ether oxygens (including phenoxy) is 2. The topological polar surface area (TPSA) is 18.5 Å². The summed E-state index contributed by atoms with van der Waals surface area (Å²) >= 11 is 0. The fourth-order valence-corrected chi connectivity index (χ4v) is 1.58. The van der Waals surface area contributed by atoms with Crippen LogP contribution in [0.5, 0.6) is 5.75 Å². The standard InChI is InChI=1S/C10H12O2/c1-11-7-8-3-2-4-10-9(8)5-6-12-10/h2-4H,5-7H2,1H3. The predicted octanol–water partition coefficient (Wildman–Crippen LogP) is 1.77. The molecule has 0 atom stereocenters. The molecule has 64 valence electrons. The van der Waals surface area contributed by atoms with Gasteiger partial charge < -0.3 is 9.47 Å². The molecule has 0 aliphatic carbocycles. The van der Waals surface area contributed by atoms with Gasteiger partial charge in [0.1, 0.15) is 5.75 Å². The molecule has 0 radical (unpaired) electrons. The van der Waals surface area contributed by atoms with Gasteiger partial charge >= 0.3 is 0 Å². The number of methoxy groups -OCH3 is 1. The molecule has 0 amide bonds. The van der Waals surface area contributed by atoms with Crippen molar-refractivity contribution in [3.8, 4) is 5.75 Å². The highest BCUT2D eigenvalue weighted by Gasteiger charge is 2.14. The summed E-state index contributed by atoms with van der Waals surface area (Å²) in [6, 6.07) is 6.12. The maximum atomic E-state index is 5.43. The van der Waals surface area contributed by atoms with Gasteiger partial charge in [0, 0.05) is 19.1 Å². The van der Waals surface area contributed by atoms with Crippen LogP contribution in [0.4, 0.5) is 0 Å². The molecule has 2 nitrogen and oxygen atoms in total. The highest BCUT2D eigenvalue weighted by Crippen LogP contribution is 2.28. The van der Waals surface area contributed by atoms with E-state index in [1.165, 1.54) is 11.1 Å². The van der Waals surface area contributed by atoms with Gasteiger partial charge in [-0.05, 0) is 11.6 Å². The van der Waals surface area contributed by atoms with Gasteiger partial charge in [0.15, 0.2) is 0 Å². The van der Waals surface area contributed by atoms with Crippen molar-refractivity contribution in [1.82, 2.24) is 0 Å². The maximum Gasteiger partial charge on any atom is 0.122 e. The average Bonchev–Trinajstić information content (AvgIpc) is 2.53. The van der Waals surface area contributed by atoms with Gasteiger partial charge in [0.05, 0.1) is 13.2 Å². The molecule has 0 N–H and O–H groups in total. The van der Waals surface area contributed by atoms with Gasteiger partial charge in [-0.2, -0.15) is 0 Å². The second-order valence-electron chi connectivity index (χ2n) is 2.93. The van der Waals surface area contributed by atoms with Gasteiger partial charge in [-0.25, -0.2) is 0 Å². The summed E-state index contributed by atoms with van der Waals surface area (Å²) in [6.07, 6.45) is 1.02. The Kier molecular flexibility index (Phi) is 2.00. The Morgan fingerprint density at radius 3 is 3.25 bits per heavy atom. The summed E-state index contributed by atoms with van der Waals surface area (Å²) in [5.74, 6) is 1.03. The molecule has 0 unspecified atom stereocenters. The SMILES string of the molecule is COCc1cccc2c1CCO2. The zero-order chi connectivity index (χ0) is 8.39. The lowest BCUT2D eigenvalue weighted by molar-refractivity contribution is 0.184. The molecule has 0 spiro atoms. The molecule has 0 saturated carbocycles. The molecule has 0 aromatic heterocycles. The lowest BCUT2D eigenvalue weighted by Gasteiger charge is -2.04. The van der Waals surface area contributed by atoms with Crippen LogP contribution in [0.1, 0.15) is 11.1 Å². The summed E-state index contributed by atoms with van der Waals surface area (Å²) < 4.78 is 10.5. The van der Waals surface area contributed by atoms with Crippen LogP contribution >= 0.6 is 0 Å². The Morgan fingerprint density at radius 2 is 2.42 bits per heavy atom. The Hall–Kier alpha value is -1.02. The minimum Gasteiger partial charge on any atom is -0.493 e. The first-order valence-electron chi connectivity index (χ1n) is 4.14. The zero-order valence-corrected chi connectivity index (χ0v) is 7.17. The highest BCUT2D eigenvalue weighted by molar-refractivity contribution is 5.42. The fourth-order valence-electron chi connectivity index (χ4n) is 1.58. The van der Waals surface area contributed by atoms with Gasteiger partial charge in [0.25, 0.3) is 0 Å². The van der Waals surface area contributed by atoms with Crippen molar-refractivity contribution >= 4 is 0 Å². The van der Waals surface area contributed by atoms with E-state index in [4.69, 9.17) is 9.47 Å². The quantitative estimate of drug-likeness (QED) is 0.663. The first-order valence-corrected chi connectivity index (χ1v) is 4.14. The summed E-state index contributed by atoms with van der Waals surface area (Å²) in [5, 5.41) is 0. The molecule has 2 heteroatoms. The zero-order valence-electron chi connectivity index (χ0n) is 7.17. The summed E-state index contributed by atoms with van der Waals surface area (Å²) in [7, 11) is 1.72. The molecule has 0 bridgehead atoms. The Morgan fingerprint density at radius 1 is 1.50 bits per heavy atom. The predicted molar refractivity (Wildman–Crippen MR) is 46.4 cm³/mol. The number of hydrogen-bond acceptors (Lipinski definition) is 2. The van der Waals surface area contributed by atoms with Crippen molar-refractivity contribution in [3.05, 3.63) is 29.3 Å². The van der Waals surface area contributed by atoms with E-state index in [2.05, 4.69) is 6.07 Å². The van der Waals surface area contributed by atoms with E-state index in [0.29, 0.717) is 6.61 Å². The van der Waals surface area contributed by atoms with Gasteiger partial charge in [-0.15, -0.1) is 0 Å². The summed E-state index contributed by atoms with van der Waals surface area (Å²) in [5.41, 5.74) is 2.58. The van der Waals surface area contributed by atoms with Crippen molar-refractivity contribution in [3.63, 3.8) is 0 Å². The smallest absolute Gasteiger partial charge is 0.122 e. The molecular weight excluding hydrogens is 152 g/mol. The highest BCUT2D eigenvalue weighted by atomic mass is 16.5. The van der Waals surface area contributed by atoms with E-state index < -0.39 is 0 Å². The normalized spacial score (nSPS) is 14.1. The van der Waals surface area contributed by atoms with E-state index in [-0.39, 0.29) is 0 Å². The fraction of sp³-hybridized carbons (Fsp3) is 0.400. The third-order valence-corrected chi connectivity index (χ3v) is 2.14. The van der Waals surface area contributed by atoms with Crippen LogP contribution in [0.2, 0.25) is 0 Å². The largest absolute Gasteiger partial charge is 0.493 e. The van der Waals surface area contributed by atoms with E-state index in [1.54, 1.807) is 7.11 Å². The molecule has 1 heterocycles. The molecule has 1 aromatic carbocycles. The number of hydrogen-bond donors (Lipinski definition) is 0. The third kappa shape index (κ3) is 1.18. The van der Waals surface area contributed by atoms with Gasteiger partial charge in [-0.1, -0.05) is 12.1 Å². The monoisotopic (exact) mass is 164 g/mol. The van der Waals surface area contributed by atoms with Crippen LogP contribution in [0.3, 0.4) is 0 Å². The van der Waals surface area contributed by atoms with E-state index in [0.717, 1.165) is 18.8 Å². The lowest BCUT2D eigenvalue weighted by atomic mass is 10.1. The first-order chi connectivity index (χ1) is 5.92. The first kappa shape index (κ1) is 7.62. The van der Waals surface area contributed by atoms with Crippen LogP contribution in [0.15, 0.2) is 18.2 Å². The van der Waals surface area contributed by atoms with E-state index >= 15 is 0 Å². The molecule has 1 aliphatic heterocycles. The van der Waals surface area contributed by atoms with Crippen LogP contribution in [0, 0.1) is 0 Å². The number of rotatable bonds is 2. The third-order valence-electron chi connectivity index (χ3n) is 2.14. The Labute approximate surface area is 72.1 Å². The molecule has 1 aliphatic rings. The second kappa shape index (κ2) is 3.15. The summed E-state index contributed by atoms with van der Waals surface area (Å²) in [6.45, 7) is 1.50. The molecule has 0 saturated heterocycles. The van der Waals surface area contributed by atoms with Gasteiger partial charge in [0.2, 0.25) is 0 Å². The van der Waals surface area contributed by atoms with Crippen molar-refractivity contribution in [2.24, 2.45) is 0 Å². The minimum atomic E-state index is 0.687. The molecule has 12 heavy (non-hydrogen) atoms. The number of benzene rings is 1. The Balaban J connectivity index is 2.36. The summed E-state index contributed by atoms with van der Waals surface area (Å²) in [4.78, 5) is 0. The van der Waals surface area contributed by atoms with Crippen molar-refractivity contribution in [2.45, 2.75) is 13.0 Å². The van der Waals surface area contributed by atoms with E-state index in [1.807, 2.05) is 12.1 Å². The molecular formula is C10H12O2. The number of fused-ring (bicyclic) bond motifs is 1. The van der Waals surface area contributed by atoms with Crippen LogP contribution < -0.4 is 4.74 Å². The van der Waals surface area contributed by atoms with Gasteiger partial charge in [-0.3, -0.25) is 0 Å². The van der Waals surface area contributed by atoms with Crippen molar-refractivity contribution in [2.75, 3.05) is 13.7 Å². The lowest BCUT2D eigenvalue weighted by Crippen LogP contribution is -1.92. The average molecular weight is 164 g/mol. The Bertz CT molecular complexity index is 281. The van der Waals surface area contributed by atoms with E-state index in [9.17, 15) is 0 Å². The van der Waals surface area contributed by atoms with Crippen molar-refractivity contribution in [1.29, 1.82) is 0 Å². The molecule has 1 aromatic rings. The van der Waals surface area contributed by atoms with Crippen LogP contribution in [0.25, 0.3) is 0 Å². The van der Waals surface area contributed by atoms with Crippen molar-refractivity contribution < 1.29 is 9.47 Å². The maximum absolute atomic E-state index is 5.43. The molecule has 2 rings (SSSR count).